The monoisotopic (exact) mass is 406 g/mol. The highest BCUT2D eigenvalue weighted by Gasteiger charge is 2.32. The number of nitrogens with one attached hydrogen (secondary N) is 1. The molecule has 6 nitrogen and oxygen atoms in total. The Hall–Kier alpha value is -3.23. The first kappa shape index (κ1) is 20.5. The van der Waals surface area contributed by atoms with Gasteiger partial charge in [-0.3, -0.25) is 9.79 Å². The Morgan fingerprint density at radius 1 is 1.17 bits per heavy atom. The van der Waals surface area contributed by atoms with E-state index in [9.17, 15) is 18.0 Å². The molecule has 0 aliphatic carbocycles. The van der Waals surface area contributed by atoms with Crippen molar-refractivity contribution in [3.8, 4) is 5.75 Å². The van der Waals surface area contributed by atoms with Crippen molar-refractivity contribution < 1.29 is 22.7 Å². The molecule has 0 spiro atoms. The quantitative estimate of drug-likeness (QED) is 0.436. The molecule has 0 fully saturated rings. The van der Waals surface area contributed by atoms with E-state index >= 15 is 0 Å². The highest BCUT2D eigenvalue weighted by Crippen LogP contribution is 2.30. The number of fused-ring (bicyclic) bond motifs is 1. The number of benzene rings is 2. The van der Waals surface area contributed by atoms with Crippen LogP contribution in [0.3, 0.4) is 0 Å². The third-order valence-electron chi connectivity index (χ3n) is 4.39. The molecule has 3 N–H and O–H groups in total. The van der Waals surface area contributed by atoms with Crippen molar-refractivity contribution in [2.24, 2.45) is 10.7 Å². The number of carbonyl (C=O) groups is 1. The number of alkyl halides is 3. The van der Waals surface area contributed by atoms with E-state index in [1.54, 1.807) is 11.0 Å². The Morgan fingerprint density at radius 2 is 1.90 bits per heavy atom. The number of hydrogen-bond donors (Lipinski definition) is 2. The molecule has 9 heteroatoms. The fourth-order valence-electron chi connectivity index (χ4n) is 3.12. The van der Waals surface area contributed by atoms with E-state index in [0.717, 1.165) is 17.7 Å². The Bertz CT molecular complexity index is 899. The van der Waals surface area contributed by atoms with E-state index in [1.165, 1.54) is 18.2 Å². The number of halogens is 3. The number of anilines is 2. The molecule has 0 saturated carbocycles. The number of nitrogens with zero attached hydrogens (tertiary/aromatic N) is 2. The zero-order chi connectivity index (χ0) is 20.9. The van der Waals surface area contributed by atoms with Gasteiger partial charge >= 0.3 is 6.36 Å². The minimum atomic E-state index is -4.81. The minimum Gasteiger partial charge on any atom is -0.404 e. The van der Waals surface area contributed by atoms with Gasteiger partial charge in [0.25, 0.3) is 0 Å². The van der Waals surface area contributed by atoms with Gasteiger partial charge in [-0.2, -0.15) is 0 Å². The van der Waals surface area contributed by atoms with E-state index in [2.05, 4.69) is 15.0 Å². The lowest BCUT2D eigenvalue weighted by atomic mass is 10.2. The van der Waals surface area contributed by atoms with Crippen molar-refractivity contribution in [3.05, 3.63) is 54.1 Å². The molecule has 2 aromatic rings. The van der Waals surface area contributed by atoms with Crippen LogP contribution >= 0.6 is 0 Å². The number of para-hydroxylation sites is 3. The van der Waals surface area contributed by atoms with Crippen LogP contribution in [0.4, 0.5) is 24.5 Å². The normalized spacial score (nSPS) is 13.9. The topological polar surface area (TPSA) is 80.0 Å². The van der Waals surface area contributed by atoms with Crippen LogP contribution in [-0.4, -0.2) is 31.3 Å². The van der Waals surface area contributed by atoms with E-state index in [4.69, 9.17) is 5.73 Å². The molecule has 1 aliphatic heterocycles. The molecule has 0 saturated heterocycles. The zero-order valence-electron chi connectivity index (χ0n) is 15.6. The van der Waals surface area contributed by atoms with Gasteiger partial charge < -0.3 is 20.7 Å². The maximum Gasteiger partial charge on any atom is 0.573 e. The summed E-state index contributed by atoms with van der Waals surface area (Å²) in [4.78, 5) is 18.3. The summed E-state index contributed by atoms with van der Waals surface area (Å²) in [5.74, 6) is -0.441. The second kappa shape index (κ2) is 8.85. The van der Waals surface area contributed by atoms with Gasteiger partial charge in [0, 0.05) is 25.2 Å². The molecule has 1 aliphatic rings. The predicted molar refractivity (Wildman–Crippen MR) is 105 cm³/mol. The van der Waals surface area contributed by atoms with Crippen LogP contribution < -0.4 is 20.7 Å². The second-order valence-electron chi connectivity index (χ2n) is 6.46. The van der Waals surface area contributed by atoms with E-state index in [1.807, 2.05) is 24.3 Å². The molecule has 2 aromatic carbocycles. The van der Waals surface area contributed by atoms with Gasteiger partial charge in [-0.15, -0.1) is 13.2 Å². The largest absolute Gasteiger partial charge is 0.573 e. The average molecular weight is 406 g/mol. The van der Waals surface area contributed by atoms with Gasteiger partial charge in [-0.05, 0) is 36.6 Å². The fraction of sp³-hybridized carbons (Fsp3) is 0.300. The lowest BCUT2D eigenvalue weighted by Crippen LogP contribution is -2.29. The summed E-state index contributed by atoms with van der Waals surface area (Å²) in [5, 5.41) is 2.60. The SMILES string of the molecule is NC(=NCCCC(=O)N1CCc2ccccc21)Nc1ccccc1OC(F)(F)F. The van der Waals surface area contributed by atoms with Crippen LogP contribution in [-0.2, 0) is 11.2 Å². The summed E-state index contributed by atoms with van der Waals surface area (Å²) < 4.78 is 41.3. The number of carbonyl (C=O) groups excluding carboxylic acids is 1. The molecule has 3 rings (SSSR count). The van der Waals surface area contributed by atoms with Crippen molar-refractivity contribution in [2.45, 2.75) is 25.6 Å². The lowest BCUT2D eigenvalue weighted by Gasteiger charge is -2.17. The van der Waals surface area contributed by atoms with Crippen molar-refractivity contribution in [1.82, 2.24) is 0 Å². The standard InChI is InChI=1S/C20H21F3N4O2/c21-20(22,23)29-17-9-4-2-7-15(17)26-19(24)25-12-5-10-18(28)27-13-11-14-6-1-3-8-16(14)27/h1-4,6-9H,5,10-13H2,(H3,24,25,26). The molecule has 0 atom stereocenters. The molecule has 0 aromatic heterocycles. The molecular weight excluding hydrogens is 385 g/mol. The molecule has 1 heterocycles. The van der Waals surface area contributed by atoms with E-state index in [0.29, 0.717) is 19.4 Å². The zero-order valence-corrected chi connectivity index (χ0v) is 15.6. The number of rotatable bonds is 6. The molecule has 29 heavy (non-hydrogen) atoms. The Kier molecular flexibility index (Phi) is 6.26. The van der Waals surface area contributed by atoms with Gasteiger partial charge in [0.2, 0.25) is 5.91 Å². The number of nitrogens with two attached hydrogens (primary N) is 1. The number of guanidine groups is 1. The summed E-state index contributed by atoms with van der Waals surface area (Å²) in [6.45, 7) is 0.934. The van der Waals surface area contributed by atoms with E-state index < -0.39 is 12.1 Å². The summed E-state index contributed by atoms with van der Waals surface area (Å²) in [6, 6.07) is 13.3. The minimum absolute atomic E-state index is 0.0144. The van der Waals surface area contributed by atoms with Crippen molar-refractivity contribution in [1.29, 1.82) is 0 Å². The van der Waals surface area contributed by atoms with Crippen LogP contribution in [0.1, 0.15) is 18.4 Å². The van der Waals surface area contributed by atoms with Crippen LogP contribution in [0.5, 0.6) is 5.75 Å². The van der Waals surface area contributed by atoms with Crippen molar-refractivity contribution in [2.75, 3.05) is 23.3 Å². The van der Waals surface area contributed by atoms with Crippen LogP contribution in [0, 0.1) is 0 Å². The maximum atomic E-state index is 12.5. The average Bonchev–Trinajstić information content (AvgIpc) is 3.10. The number of hydrogen-bond acceptors (Lipinski definition) is 3. The van der Waals surface area contributed by atoms with Crippen molar-refractivity contribution in [3.63, 3.8) is 0 Å². The molecular formula is C20H21F3N4O2. The summed E-state index contributed by atoms with van der Waals surface area (Å²) >= 11 is 0. The van der Waals surface area contributed by atoms with Gasteiger partial charge in [0.05, 0.1) is 5.69 Å². The number of aliphatic imine (C=N–C) groups is 1. The van der Waals surface area contributed by atoms with E-state index in [-0.39, 0.29) is 24.1 Å². The summed E-state index contributed by atoms with van der Waals surface area (Å²) in [5.41, 5.74) is 7.91. The molecule has 0 radical (unpaired) electrons. The van der Waals surface area contributed by atoms with Crippen LogP contribution in [0.2, 0.25) is 0 Å². The summed E-state index contributed by atoms with van der Waals surface area (Å²) in [7, 11) is 0. The first-order chi connectivity index (χ1) is 13.8. The molecule has 0 unspecified atom stereocenters. The number of amides is 1. The second-order valence-corrected chi connectivity index (χ2v) is 6.46. The third kappa shape index (κ3) is 5.63. The predicted octanol–water partition coefficient (Wildman–Crippen LogP) is 3.68. The summed E-state index contributed by atoms with van der Waals surface area (Å²) in [6.07, 6.45) is -3.19. The van der Waals surface area contributed by atoms with Gasteiger partial charge in [-0.25, -0.2) is 0 Å². The highest BCUT2D eigenvalue weighted by molar-refractivity contribution is 5.95. The smallest absolute Gasteiger partial charge is 0.404 e. The lowest BCUT2D eigenvalue weighted by molar-refractivity contribution is -0.274. The molecule has 154 valence electrons. The third-order valence-corrected chi connectivity index (χ3v) is 4.39. The molecule has 0 bridgehead atoms. The number of ether oxygens (including phenoxy) is 1. The van der Waals surface area contributed by atoms with Crippen molar-refractivity contribution >= 4 is 23.2 Å². The Labute approximate surface area is 166 Å². The first-order valence-corrected chi connectivity index (χ1v) is 9.13. The highest BCUT2D eigenvalue weighted by atomic mass is 19.4. The van der Waals surface area contributed by atoms with Crippen LogP contribution in [0.15, 0.2) is 53.5 Å². The van der Waals surface area contributed by atoms with Gasteiger partial charge in [0.1, 0.15) is 0 Å². The first-order valence-electron chi connectivity index (χ1n) is 9.13. The molecule has 1 amide bonds. The maximum absolute atomic E-state index is 12.5. The van der Waals surface area contributed by atoms with Gasteiger partial charge in [-0.1, -0.05) is 30.3 Å². The fourth-order valence-corrected chi connectivity index (χ4v) is 3.12. The van der Waals surface area contributed by atoms with Crippen LogP contribution in [0.25, 0.3) is 0 Å². The Morgan fingerprint density at radius 3 is 2.69 bits per heavy atom. The van der Waals surface area contributed by atoms with Gasteiger partial charge in [0.15, 0.2) is 11.7 Å². The Balaban J connectivity index is 1.50.